The number of rotatable bonds is 4. The lowest BCUT2D eigenvalue weighted by atomic mass is 10.2. The maximum Gasteiger partial charge on any atom is 0.273 e. The van der Waals surface area contributed by atoms with Crippen molar-refractivity contribution in [3.63, 3.8) is 0 Å². The molecule has 3 rings (SSSR count). The summed E-state index contributed by atoms with van der Waals surface area (Å²) in [6.07, 6.45) is 1.95. The van der Waals surface area contributed by atoms with Crippen molar-refractivity contribution in [3.05, 3.63) is 47.1 Å². The van der Waals surface area contributed by atoms with Crippen LogP contribution in [0.5, 0.6) is 0 Å². The molecule has 6 heteroatoms. The Morgan fingerprint density at radius 1 is 1.40 bits per heavy atom. The second kappa shape index (κ2) is 5.42. The van der Waals surface area contributed by atoms with Crippen molar-refractivity contribution in [2.24, 2.45) is 0 Å². The molecule has 0 saturated heterocycles. The molecule has 20 heavy (non-hydrogen) atoms. The molecule has 0 bridgehead atoms. The molecule has 2 heterocycles. The number of fused-ring (bicyclic) bond motifs is 1. The summed E-state index contributed by atoms with van der Waals surface area (Å²) < 4.78 is 6.27. The van der Waals surface area contributed by atoms with Gasteiger partial charge in [-0.3, -0.25) is 4.79 Å². The number of aryl methyl sites for hydroxylation is 1. The molecule has 0 spiro atoms. The molecule has 0 unspecified atom stereocenters. The number of carbonyl (C=O) groups excluding carboxylic acids is 1. The molecule has 1 N–H and O–H groups in total. The molecular formula is C14H13N3O2S. The lowest BCUT2D eigenvalue weighted by molar-refractivity contribution is 0.0945. The van der Waals surface area contributed by atoms with E-state index >= 15 is 0 Å². The van der Waals surface area contributed by atoms with Gasteiger partial charge in [0.2, 0.25) is 0 Å². The maximum absolute atomic E-state index is 12.1. The van der Waals surface area contributed by atoms with E-state index in [0.29, 0.717) is 24.4 Å². The zero-order chi connectivity index (χ0) is 13.9. The minimum absolute atomic E-state index is 0.211. The van der Waals surface area contributed by atoms with Crippen LogP contribution in [0.1, 0.15) is 28.7 Å². The van der Waals surface area contributed by atoms with Crippen molar-refractivity contribution in [2.75, 3.05) is 0 Å². The van der Waals surface area contributed by atoms with Crippen molar-refractivity contribution in [1.82, 2.24) is 15.3 Å². The first-order chi connectivity index (χ1) is 9.79. The summed E-state index contributed by atoms with van der Waals surface area (Å²) >= 11 is 1.57. The highest BCUT2D eigenvalue weighted by atomic mass is 32.1. The van der Waals surface area contributed by atoms with Crippen LogP contribution in [0.2, 0.25) is 0 Å². The Balaban J connectivity index is 1.76. The average Bonchev–Trinajstić information content (AvgIpc) is 3.12. The van der Waals surface area contributed by atoms with Crippen molar-refractivity contribution < 1.29 is 9.21 Å². The molecule has 3 aromatic rings. The molecule has 1 aromatic carbocycles. The predicted molar refractivity (Wildman–Crippen MR) is 76.7 cm³/mol. The van der Waals surface area contributed by atoms with Crippen LogP contribution in [-0.4, -0.2) is 15.9 Å². The van der Waals surface area contributed by atoms with Crippen molar-refractivity contribution in [3.8, 4) is 0 Å². The van der Waals surface area contributed by atoms with E-state index in [1.807, 2.05) is 30.6 Å². The molecule has 102 valence electrons. The first-order valence-electron chi connectivity index (χ1n) is 6.31. The van der Waals surface area contributed by atoms with Crippen molar-refractivity contribution in [2.45, 2.75) is 19.9 Å². The fourth-order valence-electron chi connectivity index (χ4n) is 2.05. The Morgan fingerprint density at radius 3 is 3.15 bits per heavy atom. The van der Waals surface area contributed by atoms with Gasteiger partial charge in [-0.25, -0.2) is 9.97 Å². The van der Waals surface area contributed by atoms with Gasteiger partial charge < -0.3 is 9.73 Å². The van der Waals surface area contributed by atoms with E-state index in [9.17, 15) is 4.79 Å². The summed E-state index contributed by atoms with van der Waals surface area (Å²) in [5.74, 6) is 0.399. The van der Waals surface area contributed by atoms with Crippen LogP contribution in [0.4, 0.5) is 0 Å². The quantitative estimate of drug-likeness (QED) is 0.801. The second-order valence-electron chi connectivity index (χ2n) is 4.28. The van der Waals surface area contributed by atoms with Crippen LogP contribution in [0.15, 0.2) is 34.5 Å². The number of carbonyl (C=O) groups is 1. The zero-order valence-corrected chi connectivity index (χ0v) is 11.7. The van der Waals surface area contributed by atoms with Crippen molar-refractivity contribution >= 4 is 27.5 Å². The highest BCUT2D eigenvalue weighted by Crippen LogP contribution is 2.22. The van der Waals surface area contributed by atoms with Crippen LogP contribution < -0.4 is 5.32 Å². The Morgan fingerprint density at radius 2 is 2.30 bits per heavy atom. The molecule has 1 amide bonds. The number of aromatic nitrogens is 2. The summed E-state index contributed by atoms with van der Waals surface area (Å²) in [6.45, 7) is 2.38. The normalized spacial score (nSPS) is 10.8. The highest BCUT2D eigenvalue weighted by Gasteiger charge is 2.15. The Bertz CT molecular complexity index is 748. The van der Waals surface area contributed by atoms with Gasteiger partial charge in [0, 0.05) is 13.0 Å². The average molecular weight is 287 g/mol. The summed E-state index contributed by atoms with van der Waals surface area (Å²) in [7, 11) is 0. The smallest absolute Gasteiger partial charge is 0.273 e. The van der Waals surface area contributed by atoms with Crippen LogP contribution in [0, 0.1) is 0 Å². The number of nitrogens with one attached hydrogen (secondary N) is 1. The summed E-state index contributed by atoms with van der Waals surface area (Å²) in [5, 5.41) is 2.88. The Hall–Kier alpha value is -2.21. The predicted octanol–water partition coefficient (Wildman–Crippen LogP) is 2.78. The third-order valence-electron chi connectivity index (χ3n) is 3.05. The molecule has 0 aliphatic heterocycles. The lowest BCUT2D eigenvalue weighted by Crippen LogP contribution is -2.24. The molecule has 2 aromatic heterocycles. The van der Waals surface area contributed by atoms with Gasteiger partial charge in [-0.05, 0) is 11.6 Å². The van der Waals surface area contributed by atoms with Crippen molar-refractivity contribution in [1.29, 1.82) is 0 Å². The van der Waals surface area contributed by atoms with Gasteiger partial charge >= 0.3 is 0 Å². The minimum Gasteiger partial charge on any atom is -0.448 e. The first-order valence-corrected chi connectivity index (χ1v) is 7.19. The number of thiazole rings is 1. The van der Waals surface area contributed by atoms with Gasteiger partial charge in [0.15, 0.2) is 12.1 Å². The van der Waals surface area contributed by atoms with Crippen LogP contribution in [-0.2, 0) is 13.0 Å². The minimum atomic E-state index is -0.211. The molecule has 0 aliphatic rings. The maximum atomic E-state index is 12.1. The van der Waals surface area contributed by atoms with E-state index in [1.165, 1.54) is 6.39 Å². The monoisotopic (exact) mass is 287 g/mol. The van der Waals surface area contributed by atoms with Crippen LogP contribution in [0.3, 0.4) is 0 Å². The molecule has 0 atom stereocenters. The zero-order valence-electron chi connectivity index (χ0n) is 10.9. The fourth-order valence-corrected chi connectivity index (χ4v) is 2.85. The van der Waals surface area contributed by atoms with Gasteiger partial charge in [0.25, 0.3) is 5.91 Å². The van der Waals surface area contributed by atoms with Gasteiger partial charge in [-0.1, -0.05) is 19.1 Å². The van der Waals surface area contributed by atoms with E-state index in [4.69, 9.17) is 4.42 Å². The van der Waals surface area contributed by atoms with E-state index in [1.54, 1.807) is 11.3 Å². The van der Waals surface area contributed by atoms with Gasteiger partial charge in [-0.2, -0.15) is 0 Å². The van der Waals surface area contributed by atoms with E-state index in [0.717, 1.165) is 15.8 Å². The number of hydrogen-bond acceptors (Lipinski definition) is 5. The third kappa shape index (κ3) is 2.30. The topological polar surface area (TPSA) is 68.0 Å². The van der Waals surface area contributed by atoms with Gasteiger partial charge in [-0.15, -0.1) is 11.3 Å². The van der Waals surface area contributed by atoms with Crippen LogP contribution in [0.25, 0.3) is 10.2 Å². The standard InChI is InChI=1S/C14H13N3O2S/c1-2-11-12(16-7-19-11)14(18)15-6-9-4-3-5-10-13(9)20-8-17-10/h3-5,7-8H,2,6H2,1H3,(H,15,18). The lowest BCUT2D eigenvalue weighted by Gasteiger charge is -2.05. The Labute approximate surface area is 119 Å². The molecular weight excluding hydrogens is 274 g/mol. The number of nitrogens with zero attached hydrogens (tertiary/aromatic N) is 2. The van der Waals surface area contributed by atoms with E-state index in [-0.39, 0.29) is 5.91 Å². The molecule has 0 fully saturated rings. The SMILES string of the molecule is CCc1ocnc1C(=O)NCc1cccc2ncsc12. The molecule has 0 radical (unpaired) electrons. The summed E-state index contributed by atoms with van der Waals surface area (Å²) in [6, 6.07) is 5.89. The van der Waals surface area contributed by atoms with Crippen LogP contribution >= 0.6 is 11.3 Å². The number of oxazole rings is 1. The number of benzene rings is 1. The Kier molecular flexibility index (Phi) is 3.47. The highest BCUT2D eigenvalue weighted by molar-refractivity contribution is 7.16. The van der Waals surface area contributed by atoms with E-state index in [2.05, 4.69) is 15.3 Å². The summed E-state index contributed by atoms with van der Waals surface area (Å²) in [5.41, 5.74) is 4.18. The molecule has 5 nitrogen and oxygen atoms in total. The second-order valence-corrected chi connectivity index (χ2v) is 5.13. The fraction of sp³-hybridized carbons (Fsp3) is 0.214. The molecule has 0 aliphatic carbocycles. The van der Waals surface area contributed by atoms with E-state index < -0.39 is 0 Å². The summed E-state index contributed by atoms with van der Waals surface area (Å²) in [4.78, 5) is 20.3. The van der Waals surface area contributed by atoms with Gasteiger partial charge in [0.05, 0.1) is 15.7 Å². The first kappa shape index (κ1) is 12.8. The largest absolute Gasteiger partial charge is 0.448 e. The number of amides is 1. The third-order valence-corrected chi connectivity index (χ3v) is 3.97. The van der Waals surface area contributed by atoms with Gasteiger partial charge in [0.1, 0.15) is 5.76 Å². The number of hydrogen-bond donors (Lipinski definition) is 1. The molecule has 0 saturated carbocycles.